The van der Waals surface area contributed by atoms with E-state index in [0.717, 1.165) is 23.1 Å². The van der Waals surface area contributed by atoms with Crippen LogP contribution in [0.4, 0.5) is 19.6 Å². The minimum atomic E-state index is -0.901. The fraction of sp³-hybridized carbons (Fsp3) is 0.333. The SMILES string of the molecule is COCC(C)(c1ccc(Br)cc1)c1csc(NC(=O)c2c(F)cc(N3CCNCC3)cc2F)n1. The van der Waals surface area contributed by atoms with Crippen molar-refractivity contribution < 1.29 is 18.3 Å². The Bertz CT molecular complexity index is 1150. The van der Waals surface area contributed by atoms with E-state index in [1.54, 1.807) is 7.11 Å². The third kappa shape index (κ3) is 5.14. The summed E-state index contributed by atoms with van der Waals surface area (Å²) < 4.78 is 36.0. The van der Waals surface area contributed by atoms with Gasteiger partial charge in [0, 0.05) is 48.8 Å². The molecule has 0 bridgehead atoms. The molecular formula is C24H25BrF2N4O2S. The number of rotatable bonds is 7. The normalized spacial score (nSPS) is 15.7. The van der Waals surface area contributed by atoms with Gasteiger partial charge in [0.05, 0.1) is 17.7 Å². The van der Waals surface area contributed by atoms with Crippen LogP contribution in [0.3, 0.4) is 0 Å². The third-order valence-corrected chi connectivity index (χ3v) is 7.23. The Hall–Kier alpha value is -2.40. The van der Waals surface area contributed by atoms with Gasteiger partial charge in [-0.2, -0.15) is 0 Å². The van der Waals surface area contributed by atoms with Crippen LogP contribution in [0.5, 0.6) is 0 Å². The van der Waals surface area contributed by atoms with Gasteiger partial charge < -0.3 is 15.0 Å². The lowest BCUT2D eigenvalue weighted by atomic mass is 9.81. The van der Waals surface area contributed by atoms with Crippen LogP contribution in [-0.4, -0.2) is 50.8 Å². The first-order chi connectivity index (χ1) is 16.3. The van der Waals surface area contributed by atoms with Crippen LogP contribution in [-0.2, 0) is 10.2 Å². The highest BCUT2D eigenvalue weighted by Crippen LogP contribution is 2.35. The molecule has 1 amide bonds. The maximum absolute atomic E-state index is 14.8. The number of methoxy groups -OCH3 is 1. The summed E-state index contributed by atoms with van der Waals surface area (Å²) in [6.45, 7) is 5.12. The highest BCUT2D eigenvalue weighted by molar-refractivity contribution is 9.10. The van der Waals surface area contributed by atoms with Crippen LogP contribution >= 0.6 is 27.3 Å². The summed E-state index contributed by atoms with van der Waals surface area (Å²) >= 11 is 4.63. The van der Waals surface area contributed by atoms with Gasteiger partial charge in [-0.15, -0.1) is 11.3 Å². The maximum Gasteiger partial charge on any atom is 0.263 e. The van der Waals surface area contributed by atoms with Crippen LogP contribution in [0, 0.1) is 11.6 Å². The first-order valence-electron chi connectivity index (χ1n) is 10.8. The Balaban J connectivity index is 1.55. The van der Waals surface area contributed by atoms with E-state index in [2.05, 4.69) is 31.5 Å². The number of halogens is 3. The molecule has 1 saturated heterocycles. The van der Waals surface area contributed by atoms with Gasteiger partial charge in [-0.1, -0.05) is 28.1 Å². The molecule has 1 atom stereocenters. The lowest BCUT2D eigenvalue weighted by Gasteiger charge is -2.29. The number of aromatic nitrogens is 1. The topological polar surface area (TPSA) is 66.5 Å². The number of ether oxygens (including phenoxy) is 1. The average molecular weight is 551 g/mol. The van der Waals surface area contributed by atoms with Crippen LogP contribution < -0.4 is 15.5 Å². The molecule has 10 heteroatoms. The second kappa shape index (κ2) is 10.5. The number of anilines is 2. The predicted molar refractivity (Wildman–Crippen MR) is 134 cm³/mol. The summed E-state index contributed by atoms with van der Waals surface area (Å²) in [5.41, 5.74) is 0.905. The second-order valence-corrected chi connectivity index (χ2v) is 10.1. The lowest BCUT2D eigenvalue weighted by Crippen LogP contribution is -2.43. The van der Waals surface area contributed by atoms with Gasteiger partial charge in [-0.05, 0) is 36.8 Å². The molecule has 34 heavy (non-hydrogen) atoms. The van der Waals surface area contributed by atoms with Crippen LogP contribution in [0.15, 0.2) is 46.3 Å². The Morgan fingerprint density at radius 1 is 1.24 bits per heavy atom. The monoisotopic (exact) mass is 550 g/mol. The van der Waals surface area contributed by atoms with E-state index in [-0.39, 0.29) is 5.13 Å². The molecule has 0 aliphatic carbocycles. The third-order valence-electron chi connectivity index (χ3n) is 5.94. The summed E-state index contributed by atoms with van der Waals surface area (Å²) in [5.74, 6) is -2.68. The largest absolute Gasteiger partial charge is 0.383 e. The number of hydrogen-bond acceptors (Lipinski definition) is 6. The summed E-state index contributed by atoms with van der Waals surface area (Å²) in [6, 6.07) is 10.2. The molecule has 180 valence electrons. The van der Waals surface area contributed by atoms with Crippen LogP contribution in [0.25, 0.3) is 0 Å². The van der Waals surface area contributed by atoms with Gasteiger partial charge in [0.1, 0.15) is 17.2 Å². The molecule has 3 aromatic rings. The van der Waals surface area contributed by atoms with Crippen molar-refractivity contribution in [1.82, 2.24) is 10.3 Å². The molecular weight excluding hydrogens is 526 g/mol. The first-order valence-corrected chi connectivity index (χ1v) is 12.5. The number of piperazine rings is 1. The molecule has 0 radical (unpaired) electrons. The fourth-order valence-corrected chi connectivity index (χ4v) is 5.14. The quantitative estimate of drug-likeness (QED) is 0.442. The van der Waals surface area contributed by atoms with E-state index in [9.17, 15) is 13.6 Å². The lowest BCUT2D eigenvalue weighted by molar-refractivity contribution is 0.101. The first kappa shape index (κ1) is 24.7. The summed E-state index contributed by atoms with van der Waals surface area (Å²) in [7, 11) is 1.61. The summed E-state index contributed by atoms with van der Waals surface area (Å²) in [6.07, 6.45) is 0. The Labute approximate surface area is 209 Å². The standard InChI is InChI=1S/C24H25BrF2N4O2S/c1-24(14-33-2,15-3-5-16(25)6-4-15)20-13-34-23(29-20)30-22(32)21-18(26)11-17(12-19(21)27)31-9-7-28-8-10-31/h3-6,11-13,28H,7-10,14H2,1-2H3,(H,29,30,32). The van der Waals surface area contributed by atoms with E-state index >= 15 is 0 Å². The van der Waals surface area contributed by atoms with Crippen molar-refractivity contribution in [2.24, 2.45) is 0 Å². The Kier molecular flexibility index (Phi) is 7.61. The molecule has 2 N–H and O–H groups in total. The number of hydrogen-bond donors (Lipinski definition) is 2. The number of nitrogens with one attached hydrogen (secondary N) is 2. The highest BCUT2D eigenvalue weighted by Gasteiger charge is 2.32. The molecule has 1 aromatic heterocycles. The molecule has 2 heterocycles. The van der Waals surface area contributed by atoms with Gasteiger partial charge in [0.2, 0.25) is 0 Å². The van der Waals surface area contributed by atoms with Crippen molar-refractivity contribution in [2.45, 2.75) is 12.3 Å². The Morgan fingerprint density at radius 2 is 1.88 bits per heavy atom. The number of amides is 1. The molecule has 1 aliphatic heterocycles. The molecule has 1 fully saturated rings. The molecule has 0 spiro atoms. The van der Waals surface area contributed by atoms with Crippen molar-refractivity contribution in [2.75, 3.05) is 50.1 Å². The van der Waals surface area contributed by atoms with Gasteiger partial charge in [0.15, 0.2) is 5.13 Å². The van der Waals surface area contributed by atoms with Crippen molar-refractivity contribution in [1.29, 1.82) is 0 Å². The minimum Gasteiger partial charge on any atom is -0.383 e. The molecule has 0 saturated carbocycles. The summed E-state index contributed by atoms with van der Waals surface area (Å²) in [4.78, 5) is 19.2. The molecule has 1 aliphatic rings. The van der Waals surface area contributed by atoms with E-state index < -0.39 is 28.5 Å². The number of carbonyl (C=O) groups excluding carboxylic acids is 1. The van der Waals surface area contributed by atoms with Crippen LogP contribution in [0.2, 0.25) is 0 Å². The van der Waals surface area contributed by atoms with Gasteiger partial charge in [-0.25, -0.2) is 13.8 Å². The van der Waals surface area contributed by atoms with Crippen molar-refractivity contribution in [3.05, 3.63) is 74.7 Å². The van der Waals surface area contributed by atoms with Crippen LogP contribution in [0.1, 0.15) is 28.5 Å². The number of nitrogens with zero attached hydrogens (tertiary/aromatic N) is 2. The molecule has 4 rings (SSSR count). The minimum absolute atomic E-state index is 0.254. The van der Waals surface area contributed by atoms with E-state index in [1.165, 1.54) is 23.5 Å². The van der Waals surface area contributed by atoms with Gasteiger partial charge >= 0.3 is 0 Å². The average Bonchev–Trinajstić information content (AvgIpc) is 3.29. The van der Waals surface area contributed by atoms with E-state index in [0.29, 0.717) is 31.1 Å². The molecule has 1 unspecified atom stereocenters. The second-order valence-electron chi connectivity index (χ2n) is 8.29. The number of thiazole rings is 1. The van der Waals surface area contributed by atoms with Crippen molar-refractivity contribution in [3.63, 3.8) is 0 Å². The summed E-state index contributed by atoms with van der Waals surface area (Å²) in [5, 5.41) is 7.82. The van der Waals surface area contributed by atoms with Gasteiger partial charge in [-0.3, -0.25) is 10.1 Å². The zero-order chi connectivity index (χ0) is 24.3. The maximum atomic E-state index is 14.8. The van der Waals surface area contributed by atoms with E-state index in [4.69, 9.17) is 4.74 Å². The van der Waals surface area contributed by atoms with E-state index in [1.807, 2.05) is 41.5 Å². The molecule has 6 nitrogen and oxygen atoms in total. The number of benzene rings is 2. The zero-order valence-corrected chi connectivity index (χ0v) is 21.2. The zero-order valence-electron chi connectivity index (χ0n) is 18.8. The van der Waals surface area contributed by atoms with Gasteiger partial charge in [0.25, 0.3) is 5.91 Å². The Morgan fingerprint density at radius 3 is 2.50 bits per heavy atom. The van der Waals surface area contributed by atoms with Crippen molar-refractivity contribution in [3.8, 4) is 0 Å². The number of carbonyl (C=O) groups is 1. The molecule has 2 aromatic carbocycles. The van der Waals surface area contributed by atoms with Crippen molar-refractivity contribution >= 4 is 44.0 Å². The highest BCUT2D eigenvalue weighted by atomic mass is 79.9. The fourth-order valence-electron chi connectivity index (χ4n) is 4.04. The smallest absolute Gasteiger partial charge is 0.263 e. The predicted octanol–water partition coefficient (Wildman–Crippen LogP) is 4.80.